The first kappa shape index (κ1) is 22.3. The van der Waals surface area contributed by atoms with Crippen LogP contribution in [0.15, 0.2) is 66.2 Å². The Labute approximate surface area is 210 Å². The number of aliphatic hydroxyl groups excluding tert-OH is 1. The van der Waals surface area contributed by atoms with Crippen molar-refractivity contribution in [1.29, 1.82) is 0 Å². The average molecular weight is 499 g/mol. The van der Waals surface area contributed by atoms with Gasteiger partial charge in [0, 0.05) is 12.0 Å². The summed E-state index contributed by atoms with van der Waals surface area (Å²) >= 11 is 1.33. The molecule has 6 rings (SSSR count). The Morgan fingerprint density at radius 1 is 1.11 bits per heavy atom. The van der Waals surface area contributed by atoms with Crippen molar-refractivity contribution in [2.75, 3.05) is 11.5 Å². The van der Waals surface area contributed by atoms with E-state index in [1.54, 1.807) is 30.3 Å². The molecule has 7 nitrogen and oxygen atoms in total. The molecule has 3 heterocycles. The Bertz CT molecular complexity index is 1570. The zero-order chi connectivity index (χ0) is 25.0. The first-order valence-corrected chi connectivity index (χ1v) is 12.5. The number of carbonyl (C=O) groups excluding carboxylic acids is 2. The van der Waals surface area contributed by atoms with Gasteiger partial charge in [0.2, 0.25) is 0 Å². The number of aliphatic hydroxyl groups is 1. The number of ketones is 1. The number of phenolic OH excluding ortho intramolecular Hbond substituents is 1. The number of hydrogen-bond acceptors (Lipinski definition) is 7. The molecule has 0 aliphatic carbocycles. The average Bonchev–Trinajstić information content (AvgIpc) is 3.59. The van der Waals surface area contributed by atoms with Gasteiger partial charge in [0.05, 0.1) is 28.4 Å². The number of nitrogens with zero attached hydrogens (tertiary/aromatic N) is 2. The molecule has 2 N–H and O–H groups in total. The van der Waals surface area contributed by atoms with Crippen LogP contribution in [0.25, 0.3) is 16.0 Å². The van der Waals surface area contributed by atoms with Crippen LogP contribution in [0, 0.1) is 0 Å². The Morgan fingerprint density at radius 3 is 2.69 bits per heavy atom. The van der Waals surface area contributed by atoms with E-state index in [-0.39, 0.29) is 17.1 Å². The van der Waals surface area contributed by atoms with Crippen LogP contribution in [0.2, 0.25) is 0 Å². The van der Waals surface area contributed by atoms with E-state index in [2.05, 4.69) is 11.9 Å². The molecule has 3 aromatic carbocycles. The first-order chi connectivity index (χ1) is 17.4. The Morgan fingerprint density at radius 2 is 1.92 bits per heavy atom. The number of anilines is 1. The van der Waals surface area contributed by atoms with Crippen LogP contribution in [0.3, 0.4) is 0 Å². The number of phenols is 1. The number of thiazole rings is 1. The normalized spacial score (nSPS) is 18.6. The number of amides is 1. The summed E-state index contributed by atoms with van der Waals surface area (Å²) in [7, 11) is 0. The number of Topliss-reactive ketones (excluding diaryl/α,β-unsaturated/α-hetero) is 1. The summed E-state index contributed by atoms with van der Waals surface area (Å²) in [5.74, 6) is -0.980. The summed E-state index contributed by atoms with van der Waals surface area (Å²) in [5, 5.41) is 21.6. The molecule has 0 radical (unpaired) electrons. The van der Waals surface area contributed by atoms with Gasteiger partial charge in [-0.15, -0.1) is 0 Å². The van der Waals surface area contributed by atoms with Gasteiger partial charge in [-0.1, -0.05) is 36.5 Å². The third-order valence-corrected chi connectivity index (χ3v) is 7.69. The number of benzene rings is 3. The summed E-state index contributed by atoms with van der Waals surface area (Å²) in [6, 6.07) is 16.6. The van der Waals surface area contributed by atoms with E-state index in [0.717, 1.165) is 33.5 Å². The van der Waals surface area contributed by atoms with Crippen LogP contribution in [0.1, 0.15) is 35.2 Å². The lowest BCUT2D eigenvalue weighted by Crippen LogP contribution is -2.29. The fourth-order valence-corrected chi connectivity index (χ4v) is 5.83. The van der Waals surface area contributed by atoms with Crippen LogP contribution in [0.5, 0.6) is 11.5 Å². The topological polar surface area (TPSA) is 100.0 Å². The van der Waals surface area contributed by atoms with Crippen LogP contribution in [0.4, 0.5) is 5.13 Å². The smallest absolute Gasteiger partial charge is 0.301 e. The predicted molar refractivity (Wildman–Crippen MR) is 138 cm³/mol. The number of carbonyl (C=O) groups is 2. The number of rotatable bonds is 4. The molecule has 1 amide bonds. The van der Waals surface area contributed by atoms with Gasteiger partial charge in [-0.2, -0.15) is 0 Å². The molecule has 1 saturated heterocycles. The maximum absolute atomic E-state index is 13.4. The quantitative estimate of drug-likeness (QED) is 0.230. The summed E-state index contributed by atoms with van der Waals surface area (Å²) in [6.45, 7) is 2.63. The highest BCUT2D eigenvalue weighted by Gasteiger charge is 2.48. The maximum atomic E-state index is 13.4. The second kappa shape index (κ2) is 8.49. The Hall–Kier alpha value is -4.17. The minimum absolute atomic E-state index is 0.0157. The molecular formula is C28H22N2O5S. The van der Waals surface area contributed by atoms with Crippen molar-refractivity contribution in [3.05, 3.63) is 88.5 Å². The van der Waals surface area contributed by atoms with Gasteiger partial charge < -0.3 is 14.9 Å². The van der Waals surface area contributed by atoms with E-state index in [1.807, 2.05) is 18.2 Å². The van der Waals surface area contributed by atoms with Crippen molar-refractivity contribution >= 4 is 44.1 Å². The molecule has 1 fully saturated rings. The highest BCUT2D eigenvalue weighted by atomic mass is 32.1. The van der Waals surface area contributed by atoms with Crippen LogP contribution in [-0.2, 0) is 22.4 Å². The lowest BCUT2D eigenvalue weighted by Gasteiger charge is -2.23. The highest BCUT2D eigenvalue weighted by molar-refractivity contribution is 7.22. The summed E-state index contributed by atoms with van der Waals surface area (Å²) in [4.78, 5) is 32.8. The molecule has 1 aromatic heterocycles. The standard InChI is InChI=1S/C28H22N2O5S/c1-2-15-3-9-20-22(13-15)36-28(29-20)30-24(16-4-7-19(31)8-5-16)23(26(33)27(30)34)25(32)18-6-10-21-17(14-18)11-12-35-21/h3-10,13-14,24,31-32H,2,11-12H2,1H3/b25-23+. The van der Waals surface area contributed by atoms with Crippen molar-refractivity contribution in [2.45, 2.75) is 25.8 Å². The van der Waals surface area contributed by atoms with Gasteiger partial charge in [0.15, 0.2) is 5.13 Å². The van der Waals surface area contributed by atoms with E-state index in [0.29, 0.717) is 29.3 Å². The van der Waals surface area contributed by atoms with Crippen molar-refractivity contribution in [3.63, 3.8) is 0 Å². The van der Waals surface area contributed by atoms with Crippen molar-refractivity contribution in [1.82, 2.24) is 4.98 Å². The number of aryl methyl sites for hydroxylation is 1. The van der Waals surface area contributed by atoms with E-state index >= 15 is 0 Å². The van der Waals surface area contributed by atoms with E-state index in [1.165, 1.54) is 28.4 Å². The highest BCUT2D eigenvalue weighted by Crippen LogP contribution is 2.45. The molecule has 0 spiro atoms. The number of fused-ring (bicyclic) bond motifs is 2. The summed E-state index contributed by atoms with van der Waals surface area (Å²) < 4.78 is 6.47. The van der Waals surface area contributed by atoms with Gasteiger partial charge in [-0.05, 0) is 65.6 Å². The van der Waals surface area contributed by atoms with Gasteiger partial charge in [0.25, 0.3) is 5.78 Å². The first-order valence-electron chi connectivity index (χ1n) is 11.7. The fraction of sp³-hybridized carbons (Fsp3) is 0.179. The number of aromatic nitrogens is 1. The number of hydrogen-bond donors (Lipinski definition) is 2. The van der Waals surface area contributed by atoms with Crippen LogP contribution >= 0.6 is 11.3 Å². The predicted octanol–water partition coefficient (Wildman–Crippen LogP) is 5.13. The van der Waals surface area contributed by atoms with Crippen molar-refractivity contribution < 1.29 is 24.5 Å². The second-order valence-corrected chi connectivity index (χ2v) is 9.84. The van der Waals surface area contributed by atoms with Gasteiger partial charge in [0.1, 0.15) is 17.3 Å². The molecule has 0 saturated carbocycles. The minimum atomic E-state index is -0.902. The van der Waals surface area contributed by atoms with Gasteiger partial charge in [-0.25, -0.2) is 4.98 Å². The van der Waals surface area contributed by atoms with Gasteiger partial charge >= 0.3 is 5.91 Å². The molecule has 2 aliphatic rings. The lowest BCUT2D eigenvalue weighted by molar-refractivity contribution is -0.132. The molecule has 180 valence electrons. The molecule has 1 atom stereocenters. The molecule has 8 heteroatoms. The van der Waals surface area contributed by atoms with E-state index in [4.69, 9.17) is 4.74 Å². The van der Waals surface area contributed by atoms with E-state index < -0.39 is 17.7 Å². The van der Waals surface area contributed by atoms with Gasteiger partial charge in [-0.3, -0.25) is 14.5 Å². The maximum Gasteiger partial charge on any atom is 0.301 e. The molecular weight excluding hydrogens is 476 g/mol. The SMILES string of the molecule is CCc1ccc2nc(N3C(=O)C(=O)/C(=C(/O)c4ccc5c(c4)CCO5)C3c3ccc(O)cc3)sc2c1. The fourth-order valence-electron chi connectivity index (χ4n) is 4.77. The molecule has 0 bridgehead atoms. The zero-order valence-electron chi connectivity index (χ0n) is 19.4. The Kier molecular flexibility index (Phi) is 5.26. The molecule has 1 unspecified atom stereocenters. The third-order valence-electron chi connectivity index (χ3n) is 6.67. The van der Waals surface area contributed by atoms with Crippen molar-refractivity contribution in [2.24, 2.45) is 0 Å². The summed E-state index contributed by atoms with van der Waals surface area (Å²) in [6.07, 6.45) is 1.57. The lowest BCUT2D eigenvalue weighted by atomic mass is 9.94. The third kappa shape index (κ3) is 3.53. The Balaban J connectivity index is 1.53. The molecule has 2 aliphatic heterocycles. The van der Waals surface area contributed by atoms with Crippen LogP contribution in [-0.4, -0.2) is 33.5 Å². The monoisotopic (exact) mass is 498 g/mol. The largest absolute Gasteiger partial charge is 0.508 e. The number of aromatic hydroxyl groups is 1. The zero-order valence-corrected chi connectivity index (χ0v) is 20.2. The van der Waals surface area contributed by atoms with E-state index in [9.17, 15) is 19.8 Å². The van der Waals surface area contributed by atoms with Crippen molar-refractivity contribution in [3.8, 4) is 11.5 Å². The second-order valence-electron chi connectivity index (χ2n) is 8.83. The molecule has 4 aromatic rings. The molecule has 36 heavy (non-hydrogen) atoms. The van der Waals surface area contributed by atoms with Crippen LogP contribution < -0.4 is 9.64 Å². The number of ether oxygens (including phenoxy) is 1. The summed E-state index contributed by atoms with van der Waals surface area (Å²) in [5.41, 5.74) is 3.82. The minimum Gasteiger partial charge on any atom is -0.508 e.